The van der Waals surface area contributed by atoms with Gasteiger partial charge in [0, 0.05) is 42.0 Å². The lowest BCUT2D eigenvalue weighted by atomic mass is 9.49. The number of aliphatic hydroxyl groups is 1. The van der Waals surface area contributed by atoms with E-state index in [-0.39, 0.29) is 49.2 Å². The Balaban J connectivity index is 0.893. The van der Waals surface area contributed by atoms with Gasteiger partial charge in [0.15, 0.2) is 5.69 Å². The third-order valence-corrected chi connectivity index (χ3v) is 14.6. The van der Waals surface area contributed by atoms with Crippen LogP contribution in [0.5, 0.6) is 5.75 Å². The number of halogens is 3. The van der Waals surface area contributed by atoms with E-state index in [9.17, 15) is 37.5 Å². The molecule has 382 valence electrons. The maximum atomic E-state index is 14.1. The number of benzene rings is 2. The predicted octanol–water partition coefficient (Wildman–Crippen LogP) is 8.51. The highest BCUT2D eigenvalue weighted by Gasteiger charge is 2.64. The van der Waals surface area contributed by atoms with Crippen LogP contribution in [-0.4, -0.2) is 93.7 Å². The number of aryl methyl sites for hydroxylation is 2. The number of aromatic nitrogens is 2. The average Bonchev–Trinajstić information content (AvgIpc) is 3.94. The van der Waals surface area contributed by atoms with E-state index < -0.39 is 69.8 Å². The first kappa shape index (κ1) is 54.4. The average molecular weight is 1000 g/mol. The number of pyridine rings is 1. The molecule has 18 heteroatoms. The van der Waals surface area contributed by atoms with Gasteiger partial charge in [0.1, 0.15) is 36.6 Å². The van der Waals surface area contributed by atoms with Crippen LogP contribution in [0, 0.1) is 34.5 Å². The Morgan fingerprint density at radius 3 is 2.23 bits per heavy atom. The van der Waals surface area contributed by atoms with Crippen LogP contribution in [0.2, 0.25) is 0 Å². The Labute approximate surface area is 418 Å². The van der Waals surface area contributed by atoms with Gasteiger partial charge in [-0.25, -0.2) is 9.97 Å². The molecule has 1 aliphatic carbocycles. The standard InChI is InChI=1S/C53H66F3N7O7S/c1-31(34-19-21-35(22-20-34)43-32(2)59-30-71-43)60-46(67)41-24-37(64)28-63(41)47(68)44(50(3,4)5)61-42(65)29-69-23-13-11-10-12-14-33-15-17-36(18-16-33)45(66)62-48-51(6,7)49(52(48,8)9)70-38-25-39(53(54,55)56)40(26-57)58-27-38/h15-22,25,27,30-31,37,41,44,48-49,64H,10-14,23-24,28-29H2,1-9H3,(H,60,67)(H,61,65)(H,62,66)/t31-,37+,41-,44+,48?,49?/m0/s1. The molecule has 4 N–H and O–H groups in total. The highest BCUT2D eigenvalue weighted by Crippen LogP contribution is 2.55. The lowest BCUT2D eigenvalue weighted by Crippen LogP contribution is -2.74. The summed E-state index contributed by atoms with van der Waals surface area (Å²) in [4.78, 5) is 64.7. The number of alkyl halides is 3. The van der Waals surface area contributed by atoms with Gasteiger partial charge in [0.25, 0.3) is 5.91 Å². The highest BCUT2D eigenvalue weighted by atomic mass is 32.1. The van der Waals surface area contributed by atoms with E-state index in [2.05, 4.69) is 25.9 Å². The summed E-state index contributed by atoms with van der Waals surface area (Å²) < 4.78 is 52.4. The van der Waals surface area contributed by atoms with Crippen molar-refractivity contribution in [3.63, 3.8) is 0 Å². The molecule has 0 radical (unpaired) electrons. The first-order valence-corrected chi connectivity index (χ1v) is 24.9. The minimum atomic E-state index is -4.77. The number of nitrogens with zero attached hydrogens (tertiary/aromatic N) is 4. The molecule has 2 aromatic carbocycles. The number of unbranched alkanes of at least 4 members (excludes halogenated alkanes) is 3. The Kier molecular flexibility index (Phi) is 17.1. The molecule has 2 aromatic heterocycles. The minimum Gasteiger partial charge on any atom is -0.488 e. The Morgan fingerprint density at radius 2 is 1.62 bits per heavy atom. The molecule has 1 aliphatic heterocycles. The van der Waals surface area contributed by atoms with Gasteiger partial charge in [-0.15, -0.1) is 11.3 Å². The first-order valence-electron chi connectivity index (χ1n) is 24.0. The second kappa shape index (κ2) is 22.3. The number of ether oxygens (including phenoxy) is 2. The maximum Gasteiger partial charge on any atom is 0.419 e. The molecule has 1 saturated carbocycles. The van der Waals surface area contributed by atoms with Crippen LogP contribution in [0.15, 0.2) is 66.3 Å². The van der Waals surface area contributed by atoms with Crippen molar-refractivity contribution in [3.8, 4) is 22.3 Å². The van der Waals surface area contributed by atoms with Crippen molar-refractivity contribution in [1.82, 2.24) is 30.8 Å². The Hall–Kier alpha value is -5.90. The zero-order valence-electron chi connectivity index (χ0n) is 41.9. The van der Waals surface area contributed by atoms with Gasteiger partial charge < -0.3 is 35.4 Å². The summed E-state index contributed by atoms with van der Waals surface area (Å²) in [5, 5.41) is 28.7. The predicted molar refractivity (Wildman–Crippen MR) is 263 cm³/mol. The van der Waals surface area contributed by atoms with Crippen molar-refractivity contribution in [2.24, 2.45) is 16.2 Å². The third-order valence-electron chi connectivity index (χ3n) is 13.7. The van der Waals surface area contributed by atoms with Crippen LogP contribution in [0.4, 0.5) is 13.2 Å². The van der Waals surface area contributed by atoms with Gasteiger partial charge in [-0.3, -0.25) is 19.2 Å². The topological polar surface area (TPSA) is 196 Å². The molecule has 4 amide bonds. The molecule has 71 heavy (non-hydrogen) atoms. The number of nitrogens with one attached hydrogen (secondary N) is 3. The largest absolute Gasteiger partial charge is 0.488 e. The molecule has 2 aliphatic rings. The van der Waals surface area contributed by atoms with E-state index in [0.717, 1.165) is 71.6 Å². The normalized spacial score (nSPS) is 20.3. The molecule has 2 fully saturated rings. The molecular formula is C53H66F3N7O7S. The molecule has 4 aromatic rings. The molecule has 1 saturated heterocycles. The number of hydrogen-bond donors (Lipinski definition) is 4. The second-order valence-corrected chi connectivity index (χ2v) is 21.9. The van der Waals surface area contributed by atoms with Gasteiger partial charge in [-0.2, -0.15) is 18.4 Å². The van der Waals surface area contributed by atoms with Gasteiger partial charge >= 0.3 is 6.18 Å². The summed E-state index contributed by atoms with van der Waals surface area (Å²) in [5.41, 5.74) is 2.32. The van der Waals surface area contributed by atoms with E-state index in [1.807, 2.05) is 98.7 Å². The minimum absolute atomic E-state index is 0.0293. The summed E-state index contributed by atoms with van der Waals surface area (Å²) in [6.07, 6.45) is -0.826. The van der Waals surface area contributed by atoms with Crippen LogP contribution in [0.25, 0.3) is 10.4 Å². The summed E-state index contributed by atoms with van der Waals surface area (Å²) >= 11 is 1.56. The smallest absolute Gasteiger partial charge is 0.419 e. The lowest BCUT2D eigenvalue weighted by molar-refractivity contribution is -0.165. The summed E-state index contributed by atoms with van der Waals surface area (Å²) in [6.45, 7) is 16.9. The van der Waals surface area contributed by atoms with Crippen molar-refractivity contribution in [2.75, 3.05) is 19.8 Å². The van der Waals surface area contributed by atoms with E-state index in [1.165, 1.54) is 11.0 Å². The third kappa shape index (κ3) is 13.0. The summed E-state index contributed by atoms with van der Waals surface area (Å²) in [5.74, 6) is -1.67. The van der Waals surface area contributed by atoms with Gasteiger partial charge in [0.05, 0.1) is 40.0 Å². The lowest BCUT2D eigenvalue weighted by Gasteiger charge is -2.63. The number of amides is 4. The van der Waals surface area contributed by atoms with Gasteiger partial charge in [-0.1, -0.05) is 97.7 Å². The Bertz CT molecular complexity index is 2550. The fourth-order valence-electron chi connectivity index (χ4n) is 10.1. The number of likely N-dealkylation sites (tertiary alicyclic amines) is 1. The van der Waals surface area contributed by atoms with Crippen LogP contribution < -0.4 is 20.7 Å². The monoisotopic (exact) mass is 1000 g/mol. The van der Waals surface area contributed by atoms with Crippen molar-refractivity contribution in [3.05, 3.63) is 99.9 Å². The first-order chi connectivity index (χ1) is 33.3. The Morgan fingerprint density at radius 1 is 0.958 bits per heavy atom. The molecule has 0 spiro atoms. The zero-order chi connectivity index (χ0) is 52.1. The number of β-amino-alcohol motifs (C(OH)–C–C–N with tert-alkyl or cyclic N) is 1. The van der Waals surface area contributed by atoms with E-state index in [1.54, 1.807) is 29.0 Å². The van der Waals surface area contributed by atoms with E-state index >= 15 is 0 Å². The fourth-order valence-corrected chi connectivity index (χ4v) is 10.9. The van der Waals surface area contributed by atoms with Crippen molar-refractivity contribution in [1.29, 1.82) is 5.26 Å². The van der Waals surface area contributed by atoms with Crippen molar-refractivity contribution >= 4 is 35.0 Å². The quantitative estimate of drug-likeness (QED) is 0.0662. The zero-order valence-corrected chi connectivity index (χ0v) is 42.7. The second-order valence-electron chi connectivity index (χ2n) is 21.0. The number of rotatable bonds is 19. The number of carbonyl (C=O) groups excluding carboxylic acids is 4. The maximum absolute atomic E-state index is 14.1. The number of hydrogen-bond acceptors (Lipinski definition) is 11. The molecular weight excluding hydrogens is 936 g/mol. The van der Waals surface area contributed by atoms with Crippen molar-refractivity contribution in [2.45, 2.75) is 143 Å². The number of carbonyl (C=O) groups is 4. The summed E-state index contributed by atoms with van der Waals surface area (Å²) in [7, 11) is 0. The van der Waals surface area contributed by atoms with Crippen molar-refractivity contribution < 1.29 is 46.9 Å². The summed E-state index contributed by atoms with van der Waals surface area (Å²) in [6, 6.07) is 14.9. The van der Waals surface area contributed by atoms with E-state index in [4.69, 9.17) is 14.7 Å². The van der Waals surface area contributed by atoms with Gasteiger partial charge in [-0.05, 0) is 73.4 Å². The van der Waals surface area contributed by atoms with Crippen LogP contribution in [0.3, 0.4) is 0 Å². The molecule has 6 rings (SSSR count). The molecule has 14 nitrogen and oxygen atoms in total. The number of nitriles is 1. The fraction of sp³-hybridized carbons (Fsp3) is 0.528. The van der Waals surface area contributed by atoms with Crippen LogP contribution in [0.1, 0.15) is 132 Å². The van der Waals surface area contributed by atoms with Crippen LogP contribution in [-0.2, 0) is 31.7 Å². The highest BCUT2D eigenvalue weighted by molar-refractivity contribution is 7.13. The van der Waals surface area contributed by atoms with Gasteiger partial charge in [0.2, 0.25) is 17.7 Å². The molecule has 3 heterocycles. The molecule has 0 bridgehead atoms. The molecule has 0 unspecified atom stereocenters. The molecule has 4 atom stereocenters. The number of thiazole rings is 1. The van der Waals surface area contributed by atoms with E-state index in [0.29, 0.717) is 12.2 Å². The SMILES string of the molecule is Cc1ncsc1-c1ccc([C@H](C)NC(=O)[C@@H]2C[C@@H](O)CN2C(=O)[C@@H](NC(=O)COCCCCCCc2ccc(C(=O)NC3C(C)(C)C(Oc4cnc(C#N)c(C(F)(F)F)c4)C3(C)C)cc2)C(C)(C)C)cc1. The number of aliphatic hydroxyl groups excluding tert-OH is 1. The van der Waals surface area contributed by atoms with Crippen LogP contribution >= 0.6 is 11.3 Å².